The van der Waals surface area contributed by atoms with E-state index in [-0.39, 0.29) is 30.5 Å². The molecule has 1 saturated heterocycles. The molecule has 2 atom stereocenters. The molecular weight excluding hydrogens is 524 g/mol. The number of carbonyl (C=O) groups excluding carboxylic acids is 3. The number of carbonyl (C=O) groups is 3. The van der Waals surface area contributed by atoms with Crippen LogP contribution in [0.1, 0.15) is 24.4 Å². The lowest BCUT2D eigenvalue weighted by molar-refractivity contribution is -0.144. The third-order valence-electron chi connectivity index (χ3n) is 7.10. The van der Waals surface area contributed by atoms with E-state index in [1.165, 1.54) is 18.9 Å². The van der Waals surface area contributed by atoms with E-state index in [1.54, 1.807) is 0 Å². The van der Waals surface area contributed by atoms with Crippen molar-refractivity contribution in [3.05, 3.63) is 65.7 Å². The predicted octanol–water partition coefficient (Wildman–Crippen LogP) is 3.29. The van der Waals surface area contributed by atoms with E-state index in [0.29, 0.717) is 6.54 Å². The van der Waals surface area contributed by atoms with Crippen LogP contribution in [-0.4, -0.2) is 81.7 Å². The third-order valence-corrected chi connectivity index (χ3v) is 7.10. The quantitative estimate of drug-likeness (QED) is 0.360. The molecule has 0 bridgehead atoms. The molecule has 10 nitrogen and oxygen atoms in total. The summed E-state index contributed by atoms with van der Waals surface area (Å²) >= 11 is 0. The van der Waals surface area contributed by atoms with Crippen LogP contribution in [0, 0.1) is 17.6 Å². The van der Waals surface area contributed by atoms with Crippen LogP contribution in [0.2, 0.25) is 0 Å². The molecule has 2 aliphatic rings. The summed E-state index contributed by atoms with van der Waals surface area (Å²) in [6, 6.07) is 10.3. The number of amides is 4. The Hall–Kier alpha value is -3.90. The molecule has 2 unspecified atom stereocenters. The second-order valence-electron chi connectivity index (χ2n) is 9.59. The van der Waals surface area contributed by atoms with Gasteiger partial charge in [0, 0.05) is 45.0 Å². The highest BCUT2D eigenvalue weighted by atomic mass is 19.2. The maximum absolute atomic E-state index is 14.2. The summed E-state index contributed by atoms with van der Waals surface area (Å²) in [7, 11) is 2.50. The number of benzene rings is 2. The summed E-state index contributed by atoms with van der Waals surface area (Å²) < 4.78 is 37.9. The third kappa shape index (κ3) is 6.62. The van der Waals surface area contributed by atoms with Gasteiger partial charge < -0.3 is 25.0 Å². The predicted molar refractivity (Wildman–Crippen MR) is 144 cm³/mol. The van der Waals surface area contributed by atoms with Crippen molar-refractivity contribution in [2.75, 3.05) is 51.9 Å². The number of ether oxygens (including phenoxy) is 2. The number of rotatable bonds is 9. The number of hydrogen-bond acceptors (Lipinski definition) is 7. The molecular formula is C28H33F2N5O5. The maximum atomic E-state index is 14.2. The number of imide groups is 1. The molecule has 40 heavy (non-hydrogen) atoms. The van der Waals surface area contributed by atoms with Crippen molar-refractivity contribution < 1.29 is 32.6 Å². The normalized spacial score (nSPS) is 19.8. The molecule has 1 fully saturated rings. The number of piperidine rings is 1. The largest absolute Gasteiger partial charge is 0.468 e. The van der Waals surface area contributed by atoms with Crippen molar-refractivity contribution in [1.82, 2.24) is 15.5 Å². The minimum absolute atomic E-state index is 0.0154. The van der Waals surface area contributed by atoms with Crippen LogP contribution in [0.15, 0.2) is 53.5 Å². The molecule has 2 aliphatic heterocycles. The summed E-state index contributed by atoms with van der Waals surface area (Å²) in [4.78, 5) is 46.1. The molecule has 0 saturated carbocycles. The Labute approximate surface area is 231 Å². The molecule has 4 amide bonds. The van der Waals surface area contributed by atoms with Gasteiger partial charge in [-0.1, -0.05) is 24.3 Å². The van der Waals surface area contributed by atoms with Gasteiger partial charge in [-0.25, -0.2) is 23.3 Å². The lowest BCUT2D eigenvalue weighted by Crippen LogP contribution is -2.54. The average molecular weight is 558 g/mol. The highest BCUT2D eigenvalue weighted by Crippen LogP contribution is 2.36. The van der Waals surface area contributed by atoms with Crippen molar-refractivity contribution in [3.63, 3.8) is 0 Å². The first-order valence-electron chi connectivity index (χ1n) is 13.1. The number of esters is 1. The van der Waals surface area contributed by atoms with Gasteiger partial charge >= 0.3 is 18.0 Å². The molecule has 0 aliphatic carbocycles. The maximum Gasteiger partial charge on any atom is 0.352 e. The van der Waals surface area contributed by atoms with Crippen LogP contribution in [0.3, 0.4) is 0 Å². The number of nitrogens with zero attached hydrogens (tertiary/aromatic N) is 3. The highest BCUT2D eigenvalue weighted by Gasteiger charge is 2.47. The summed E-state index contributed by atoms with van der Waals surface area (Å²) in [6.45, 7) is 2.24. The molecule has 2 N–H and O–H groups in total. The highest BCUT2D eigenvalue weighted by molar-refractivity contribution is 6.12. The van der Waals surface area contributed by atoms with Crippen LogP contribution in [0.5, 0.6) is 0 Å². The molecule has 214 valence electrons. The van der Waals surface area contributed by atoms with Crippen LogP contribution < -0.4 is 15.5 Å². The first-order valence-corrected chi connectivity index (χ1v) is 13.1. The second-order valence-corrected chi connectivity index (χ2v) is 9.59. The standard InChI is InChI=1S/C28H33F2N5O5/c1-39-17-23-24(26(36)40-2)25(18-8-9-21(29)22(30)16-18)35(28(38)33-23)27(37)32-13-12-31-19-10-14-34(15-11-19)20-6-4-3-5-7-20/h3-9,16,19,24-25,31H,10-15,17H2,1-2H3,(H,32,37). The van der Waals surface area contributed by atoms with Crippen LogP contribution in [-0.2, 0) is 14.3 Å². The Morgan fingerprint density at radius 2 is 1.75 bits per heavy atom. The molecule has 0 aromatic heterocycles. The zero-order valence-corrected chi connectivity index (χ0v) is 22.4. The van der Waals surface area contributed by atoms with Crippen molar-refractivity contribution in [2.24, 2.45) is 10.9 Å². The molecule has 4 rings (SSSR count). The van der Waals surface area contributed by atoms with E-state index >= 15 is 0 Å². The summed E-state index contributed by atoms with van der Waals surface area (Å²) in [5.74, 6) is -4.37. The van der Waals surface area contributed by atoms with Crippen LogP contribution >= 0.6 is 0 Å². The molecule has 0 radical (unpaired) electrons. The van der Waals surface area contributed by atoms with Crippen LogP contribution in [0.25, 0.3) is 0 Å². The number of urea groups is 2. The van der Waals surface area contributed by atoms with Crippen molar-refractivity contribution in [2.45, 2.75) is 24.9 Å². The molecule has 12 heteroatoms. The summed E-state index contributed by atoms with van der Waals surface area (Å²) in [5, 5.41) is 6.11. The summed E-state index contributed by atoms with van der Waals surface area (Å²) in [5.41, 5.74) is 1.24. The number of methoxy groups -OCH3 is 2. The fraction of sp³-hybridized carbons (Fsp3) is 0.429. The average Bonchev–Trinajstić information content (AvgIpc) is 2.97. The number of nitrogens with one attached hydrogen (secondary N) is 2. The van der Waals surface area contributed by atoms with E-state index < -0.39 is 41.6 Å². The minimum Gasteiger partial charge on any atom is -0.468 e. The Morgan fingerprint density at radius 3 is 2.40 bits per heavy atom. The lowest BCUT2D eigenvalue weighted by atomic mass is 9.86. The van der Waals surface area contributed by atoms with E-state index in [1.807, 2.05) is 18.2 Å². The number of halogens is 2. The van der Waals surface area contributed by atoms with Crippen molar-refractivity contribution >= 4 is 29.4 Å². The zero-order valence-electron chi connectivity index (χ0n) is 22.4. The van der Waals surface area contributed by atoms with Gasteiger partial charge in [0.2, 0.25) is 0 Å². The van der Waals surface area contributed by atoms with E-state index in [9.17, 15) is 23.2 Å². The van der Waals surface area contributed by atoms with Gasteiger partial charge in [0.25, 0.3) is 0 Å². The number of para-hydroxylation sites is 1. The SMILES string of the molecule is COCC1=NC(=O)N(C(=O)NCCNC2CCN(c3ccccc3)CC2)C(c2ccc(F)c(F)c2)C1C(=O)OC. The topological polar surface area (TPSA) is 113 Å². The Bertz CT molecular complexity index is 1240. The van der Waals surface area contributed by atoms with Gasteiger partial charge in [-0.3, -0.25) is 4.79 Å². The van der Waals surface area contributed by atoms with Gasteiger partial charge in [-0.15, -0.1) is 0 Å². The second kappa shape index (κ2) is 13.4. The minimum atomic E-state index is -1.33. The smallest absolute Gasteiger partial charge is 0.352 e. The Kier molecular flexibility index (Phi) is 9.78. The van der Waals surface area contributed by atoms with Gasteiger partial charge in [0.1, 0.15) is 5.92 Å². The van der Waals surface area contributed by atoms with Gasteiger partial charge in [-0.05, 0) is 42.7 Å². The van der Waals surface area contributed by atoms with E-state index in [0.717, 1.165) is 50.1 Å². The number of aliphatic imine (C=N–C) groups is 1. The number of anilines is 1. The Morgan fingerprint density at radius 1 is 1.02 bits per heavy atom. The van der Waals surface area contributed by atoms with E-state index in [4.69, 9.17) is 9.47 Å². The molecule has 0 spiro atoms. The molecule has 2 aromatic rings. The fourth-order valence-corrected chi connectivity index (χ4v) is 5.12. The first-order chi connectivity index (χ1) is 19.3. The molecule has 2 aromatic carbocycles. The zero-order chi connectivity index (χ0) is 28.6. The van der Waals surface area contributed by atoms with Gasteiger partial charge in [0.15, 0.2) is 11.6 Å². The monoisotopic (exact) mass is 557 g/mol. The number of hydrogen-bond donors (Lipinski definition) is 2. The summed E-state index contributed by atoms with van der Waals surface area (Å²) in [6.07, 6.45) is 1.87. The lowest BCUT2D eigenvalue weighted by Gasteiger charge is -2.37. The van der Waals surface area contributed by atoms with Gasteiger partial charge in [-0.2, -0.15) is 4.99 Å². The van der Waals surface area contributed by atoms with E-state index in [2.05, 4.69) is 32.7 Å². The van der Waals surface area contributed by atoms with Crippen LogP contribution in [0.4, 0.5) is 24.1 Å². The van der Waals surface area contributed by atoms with Crippen molar-refractivity contribution in [1.29, 1.82) is 0 Å². The first kappa shape index (κ1) is 29.1. The fourth-order valence-electron chi connectivity index (χ4n) is 5.12. The van der Waals surface area contributed by atoms with Crippen molar-refractivity contribution in [3.8, 4) is 0 Å². The van der Waals surface area contributed by atoms with Gasteiger partial charge in [0.05, 0.1) is 25.5 Å². The molecule has 2 heterocycles. The Balaban J connectivity index is 1.42.